The summed E-state index contributed by atoms with van der Waals surface area (Å²) in [6, 6.07) is 3.31. The number of phenolic OH excluding ortho intramolecular Hbond substituents is 1. The molecule has 2 heterocycles. The van der Waals surface area contributed by atoms with Crippen molar-refractivity contribution < 1.29 is 19.1 Å². The lowest BCUT2D eigenvalue weighted by Gasteiger charge is -2.53. The van der Waals surface area contributed by atoms with Crippen molar-refractivity contribution in [2.75, 3.05) is 0 Å². The number of aromatic nitrogens is 3. The highest BCUT2D eigenvalue weighted by molar-refractivity contribution is 6.15. The maximum Gasteiger partial charge on any atom is 0.347 e. The van der Waals surface area contributed by atoms with Crippen LogP contribution >= 0.6 is 0 Å². The normalized spacial score (nSPS) is 28.9. The van der Waals surface area contributed by atoms with Gasteiger partial charge in [0.25, 0.3) is 0 Å². The largest absolute Gasteiger partial charge is 0.505 e. The molecule has 2 aromatic rings. The molecule has 0 spiro atoms. The number of hydrogen-bond donors (Lipinski definition) is 1. The molecule has 33 heavy (non-hydrogen) atoms. The van der Waals surface area contributed by atoms with Crippen molar-refractivity contribution in [2.45, 2.75) is 45.7 Å². The molecule has 0 radical (unpaired) electrons. The Balaban J connectivity index is 1.81. The van der Waals surface area contributed by atoms with Crippen LogP contribution in [-0.4, -0.2) is 30.6 Å². The lowest BCUT2D eigenvalue weighted by atomic mass is 9.50. The highest BCUT2D eigenvalue weighted by Crippen LogP contribution is 2.60. The van der Waals surface area contributed by atoms with E-state index in [1.807, 2.05) is 0 Å². The molecule has 1 aromatic carbocycles. The molecule has 172 valence electrons. The molecule has 1 saturated carbocycles. The molecule has 1 aromatic heterocycles. The SMILES string of the molecule is CC1=C(C)C(=O)[C@@]2(C)[C@@H](c3ccc(O)c(F)c3)C3=CCn4c(=O)n(C)c(=O)n4[C@@H]3C[C@H]2C1=O. The Kier molecular flexibility index (Phi) is 4.37. The van der Waals surface area contributed by atoms with Crippen LogP contribution in [0.4, 0.5) is 4.39 Å². The predicted molar refractivity (Wildman–Crippen MR) is 116 cm³/mol. The van der Waals surface area contributed by atoms with Gasteiger partial charge in [0, 0.05) is 18.9 Å². The Labute approximate surface area is 188 Å². The zero-order valence-corrected chi connectivity index (χ0v) is 18.8. The summed E-state index contributed by atoms with van der Waals surface area (Å²) in [5, 5.41) is 9.74. The van der Waals surface area contributed by atoms with Crippen molar-refractivity contribution in [3.05, 3.63) is 73.3 Å². The van der Waals surface area contributed by atoms with Crippen LogP contribution in [0.3, 0.4) is 0 Å². The maximum atomic E-state index is 14.4. The molecule has 0 unspecified atom stereocenters. The molecule has 4 atom stereocenters. The van der Waals surface area contributed by atoms with E-state index in [1.165, 1.54) is 28.5 Å². The number of allylic oxidation sites excluding steroid dienone is 4. The molecule has 2 aliphatic carbocycles. The lowest BCUT2D eigenvalue weighted by Crippen LogP contribution is -2.55. The minimum absolute atomic E-state index is 0.120. The van der Waals surface area contributed by atoms with Crippen LogP contribution in [0.15, 0.2) is 50.6 Å². The number of nitrogens with zero attached hydrogens (tertiary/aromatic N) is 3. The topological polar surface area (TPSA) is 103 Å². The third-order valence-corrected chi connectivity index (χ3v) is 7.93. The molecule has 8 nitrogen and oxygen atoms in total. The Morgan fingerprint density at radius 1 is 1.09 bits per heavy atom. The van der Waals surface area contributed by atoms with E-state index in [-0.39, 0.29) is 24.5 Å². The van der Waals surface area contributed by atoms with Crippen molar-refractivity contribution in [1.29, 1.82) is 0 Å². The molecule has 9 heteroatoms. The van der Waals surface area contributed by atoms with Gasteiger partial charge in [-0.25, -0.2) is 27.9 Å². The average molecular weight is 453 g/mol. The molecule has 0 bridgehead atoms. The van der Waals surface area contributed by atoms with Gasteiger partial charge in [0.1, 0.15) is 0 Å². The van der Waals surface area contributed by atoms with Gasteiger partial charge in [0.15, 0.2) is 23.1 Å². The van der Waals surface area contributed by atoms with Gasteiger partial charge in [-0.3, -0.25) is 9.59 Å². The number of hydrogen-bond acceptors (Lipinski definition) is 5. The zero-order valence-electron chi connectivity index (χ0n) is 18.8. The van der Waals surface area contributed by atoms with Crippen LogP contribution in [0, 0.1) is 17.2 Å². The summed E-state index contributed by atoms with van der Waals surface area (Å²) in [7, 11) is 1.40. The summed E-state index contributed by atoms with van der Waals surface area (Å²) < 4.78 is 18.2. The van der Waals surface area contributed by atoms with Crippen LogP contribution in [-0.2, 0) is 23.2 Å². The minimum Gasteiger partial charge on any atom is -0.505 e. The monoisotopic (exact) mass is 453 g/mol. The van der Waals surface area contributed by atoms with Crippen molar-refractivity contribution in [1.82, 2.24) is 13.9 Å². The smallest absolute Gasteiger partial charge is 0.347 e. The van der Waals surface area contributed by atoms with Crippen LogP contribution in [0.2, 0.25) is 0 Å². The minimum atomic E-state index is -1.20. The molecule has 0 saturated heterocycles. The number of benzene rings is 1. The highest BCUT2D eigenvalue weighted by atomic mass is 19.1. The van der Waals surface area contributed by atoms with Crippen LogP contribution in [0.5, 0.6) is 5.75 Å². The summed E-state index contributed by atoms with van der Waals surface area (Å²) in [5.41, 5.74) is -0.276. The first-order chi connectivity index (χ1) is 15.5. The molecule has 3 aliphatic rings. The van der Waals surface area contributed by atoms with Gasteiger partial charge in [-0.15, -0.1) is 0 Å². The quantitative estimate of drug-likeness (QED) is 0.665. The fourth-order valence-electron chi connectivity index (χ4n) is 6.03. The van der Waals surface area contributed by atoms with Crippen LogP contribution in [0.25, 0.3) is 0 Å². The van der Waals surface area contributed by atoms with Gasteiger partial charge >= 0.3 is 11.4 Å². The van der Waals surface area contributed by atoms with Gasteiger partial charge in [-0.2, -0.15) is 0 Å². The Morgan fingerprint density at radius 3 is 2.45 bits per heavy atom. The first kappa shape index (κ1) is 21.4. The number of carbonyl (C=O) groups excluding carboxylic acids is 2. The fraction of sp³-hybridized carbons (Fsp3) is 0.417. The second-order valence-electron chi connectivity index (χ2n) is 9.43. The molecule has 1 N–H and O–H groups in total. The van der Waals surface area contributed by atoms with Crippen molar-refractivity contribution in [3.8, 4) is 5.75 Å². The van der Waals surface area contributed by atoms with E-state index in [4.69, 9.17) is 0 Å². The third kappa shape index (κ3) is 2.56. The first-order valence-corrected chi connectivity index (χ1v) is 10.8. The second kappa shape index (κ2) is 6.76. The number of ketones is 2. The number of halogens is 1. The first-order valence-electron chi connectivity index (χ1n) is 10.8. The zero-order chi connectivity index (χ0) is 24.0. The Bertz CT molecular complexity index is 1440. The number of Topliss-reactive ketones (excluding diaryl/α,β-unsaturated/α-hetero) is 2. The summed E-state index contributed by atoms with van der Waals surface area (Å²) in [6.07, 6.45) is 1.98. The van der Waals surface area contributed by atoms with Gasteiger partial charge in [-0.1, -0.05) is 19.1 Å². The molecular weight excluding hydrogens is 429 g/mol. The van der Waals surface area contributed by atoms with Gasteiger partial charge in [-0.05, 0) is 54.7 Å². The van der Waals surface area contributed by atoms with Crippen LogP contribution in [0.1, 0.15) is 44.7 Å². The van der Waals surface area contributed by atoms with Crippen molar-refractivity contribution >= 4 is 11.6 Å². The molecule has 1 fully saturated rings. The Morgan fingerprint density at radius 2 is 1.79 bits per heavy atom. The summed E-state index contributed by atoms with van der Waals surface area (Å²) in [4.78, 5) is 52.7. The van der Waals surface area contributed by atoms with E-state index in [0.717, 1.165) is 4.57 Å². The van der Waals surface area contributed by atoms with E-state index < -0.39 is 46.2 Å². The standard InChI is InChI=1S/C24H24FN3O5/c1-11-12(2)21(31)24(3)15(20(11)30)10-17-14(19(24)13-5-6-18(29)16(25)9-13)7-8-27-22(32)26(4)23(33)28(17)27/h5-7,9,15,17,19,29H,8,10H2,1-4H3/t15-,17+,19-,24+/m0/s1. The predicted octanol–water partition coefficient (Wildman–Crippen LogP) is 1.97. The van der Waals surface area contributed by atoms with Crippen molar-refractivity contribution in [2.24, 2.45) is 18.4 Å². The highest BCUT2D eigenvalue weighted by Gasteiger charge is 2.60. The lowest BCUT2D eigenvalue weighted by molar-refractivity contribution is -0.140. The molecule has 5 rings (SSSR count). The van der Waals surface area contributed by atoms with Gasteiger partial charge in [0.2, 0.25) is 0 Å². The maximum absolute atomic E-state index is 14.4. The average Bonchev–Trinajstić information content (AvgIpc) is 3.01. The summed E-state index contributed by atoms with van der Waals surface area (Å²) in [5.74, 6) is -3.19. The van der Waals surface area contributed by atoms with E-state index in [0.29, 0.717) is 22.3 Å². The van der Waals surface area contributed by atoms with Gasteiger partial charge < -0.3 is 5.11 Å². The molecule has 1 aliphatic heterocycles. The fourth-order valence-corrected chi connectivity index (χ4v) is 6.03. The second-order valence-corrected chi connectivity index (χ2v) is 9.43. The Hall–Kier alpha value is -3.49. The third-order valence-electron chi connectivity index (χ3n) is 7.93. The van der Waals surface area contributed by atoms with E-state index in [1.54, 1.807) is 32.9 Å². The van der Waals surface area contributed by atoms with E-state index in [9.17, 15) is 28.7 Å². The van der Waals surface area contributed by atoms with Crippen molar-refractivity contribution in [3.63, 3.8) is 0 Å². The van der Waals surface area contributed by atoms with E-state index >= 15 is 0 Å². The molecule has 0 amide bonds. The number of phenols is 1. The number of aromatic hydroxyl groups is 1. The van der Waals surface area contributed by atoms with E-state index in [2.05, 4.69) is 0 Å². The molecular formula is C24H24FN3O5. The number of fused-ring (bicyclic) bond motifs is 4. The number of carbonyl (C=O) groups is 2. The van der Waals surface area contributed by atoms with Gasteiger partial charge in [0.05, 0.1) is 18.0 Å². The number of rotatable bonds is 1. The summed E-state index contributed by atoms with van der Waals surface area (Å²) in [6.45, 7) is 5.11. The van der Waals surface area contributed by atoms with Crippen LogP contribution < -0.4 is 11.4 Å². The summed E-state index contributed by atoms with van der Waals surface area (Å²) >= 11 is 0.